The largest absolute Gasteiger partial charge is 0.389 e. The Morgan fingerprint density at radius 2 is 2.05 bits per heavy atom. The molecule has 1 aromatic carbocycles. The van der Waals surface area contributed by atoms with Gasteiger partial charge in [-0.3, -0.25) is 9.36 Å². The Labute approximate surface area is 119 Å². The first-order valence-electron chi connectivity index (χ1n) is 5.75. The lowest BCUT2D eigenvalue weighted by molar-refractivity contribution is 0.613. The molecule has 0 aliphatic carbocycles. The minimum atomic E-state index is -0.490. The summed E-state index contributed by atoms with van der Waals surface area (Å²) in [5.74, 6) is -0.485. The predicted molar refractivity (Wildman–Crippen MR) is 77.3 cm³/mol. The fraction of sp³-hybridized carbons (Fsp3) is 0.154. The van der Waals surface area contributed by atoms with Gasteiger partial charge in [0.2, 0.25) is 0 Å². The topological polar surface area (TPSA) is 70.0 Å². The lowest BCUT2D eigenvalue weighted by Gasteiger charge is -2.10. The van der Waals surface area contributed by atoms with Crippen molar-refractivity contribution in [3.8, 4) is 0 Å². The summed E-state index contributed by atoms with van der Waals surface area (Å²) < 4.78 is 15.6. The molecule has 0 amide bonds. The Morgan fingerprint density at radius 3 is 2.70 bits per heavy atom. The van der Waals surface area contributed by atoms with Crippen molar-refractivity contribution in [3.05, 3.63) is 68.2 Å². The fourth-order valence-corrected chi connectivity index (χ4v) is 2.06. The first-order chi connectivity index (χ1) is 9.40. The van der Waals surface area contributed by atoms with Gasteiger partial charge in [-0.2, -0.15) is 0 Å². The van der Waals surface area contributed by atoms with E-state index >= 15 is 0 Å². The van der Waals surface area contributed by atoms with Gasteiger partial charge in [-0.1, -0.05) is 12.2 Å². The quantitative estimate of drug-likeness (QED) is 0.830. The number of thiocarbonyl (C=S) groups is 1. The molecule has 0 spiro atoms. The zero-order valence-electron chi connectivity index (χ0n) is 10.7. The van der Waals surface area contributed by atoms with Crippen LogP contribution in [0.4, 0.5) is 4.39 Å². The van der Waals surface area contributed by atoms with Gasteiger partial charge in [-0.25, -0.2) is 9.18 Å². The molecule has 0 atom stereocenters. The number of hydrogen-bond acceptors (Lipinski definition) is 3. The summed E-state index contributed by atoms with van der Waals surface area (Å²) >= 11 is 4.89. The lowest BCUT2D eigenvalue weighted by Crippen LogP contribution is -2.38. The van der Waals surface area contributed by atoms with Crippen molar-refractivity contribution in [1.82, 2.24) is 9.13 Å². The van der Waals surface area contributed by atoms with Gasteiger partial charge in [0, 0.05) is 24.9 Å². The van der Waals surface area contributed by atoms with Crippen LogP contribution in [-0.4, -0.2) is 14.1 Å². The van der Waals surface area contributed by atoms with Crippen LogP contribution in [0.1, 0.15) is 11.1 Å². The molecule has 1 heterocycles. The lowest BCUT2D eigenvalue weighted by atomic mass is 10.1. The van der Waals surface area contributed by atoms with Crippen molar-refractivity contribution in [3.63, 3.8) is 0 Å². The second kappa shape index (κ2) is 5.38. The van der Waals surface area contributed by atoms with E-state index in [4.69, 9.17) is 18.0 Å². The van der Waals surface area contributed by atoms with E-state index in [-0.39, 0.29) is 11.5 Å². The highest BCUT2D eigenvalue weighted by Crippen LogP contribution is 2.12. The smallest absolute Gasteiger partial charge is 0.331 e. The summed E-state index contributed by atoms with van der Waals surface area (Å²) in [7, 11) is 1.53. The van der Waals surface area contributed by atoms with Crippen molar-refractivity contribution in [2.24, 2.45) is 12.8 Å². The first-order valence-corrected chi connectivity index (χ1v) is 6.15. The van der Waals surface area contributed by atoms with Gasteiger partial charge in [0.25, 0.3) is 5.56 Å². The zero-order chi connectivity index (χ0) is 14.9. The number of nitrogens with two attached hydrogens (primary N) is 1. The zero-order valence-corrected chi connectivity index (χ0v) is 11.5. The maximum absolute atomic E-state index is 13.3. The number of halogens is 1. The highest BCUT2D eigenvalue weighted by molar-refractivity contribution is 7.80. The summed E-state index contributed by atoms with van der Waals surface area (Å²) in [4.78, 5) is 23.8. The monoisotopic (exact) mass is 293 g/mol. The molecule has 0 unspecified atom stereocenters. The second-order valence-corrected chi connectivity index (χ2v) is 4.74. The molecule has 5 nitrogen and oxygen atoms in total. The third-order valence-corrected chi connectivity index (χ3v) is 3.12. The van der Waals surface area contributed by atoms with Crippen LogP contribution in [-0.2, 0) is 13.6 Å². The molecule has 0 fully saturated rings. The molecule has 1 aromatic heterocycles. The summed E-state index contributed by atoms with van der Waals surface area (Å²) in [6.07, 6.45) is 1.38. The van der Waals surface area contributed by atoms with Gasteiger partial charge in [-0.05, 0) is 23.8 Å². The maximum atomic E-state index is 13.3. The van der Waals surface area contributed by atoms with E-state index in [2.05, 4.69) is 0 Å². The second-order valence-electron chi connectivity index (χ2n) is 4.30. The molecule has 0 aliphatic heterocycles. The van der Waals surface area contributed by atoms with Crippen molar-refractivity contribution < 1.29 is 4.39 Å². The van der Waals surface area contributed by atoms with Crippen LogP contribution in [0.25, 0.3) is 0 Å². The van der Waals surface area contributed by atoms with Crippen LogP contribution in [0.3, 0.4) is 0 Å². The Hall–Kier alpha value is -2.28. The average molecular weight is 293 g/mol. The standard InChI is InChI=1S/C13H12FN3O2S/c1-16-5-4-11(18)17(13(16)19)7-8-6-9(14)2-3-10(8)12(15)20/h2-6H,7H2,1H3,(H2,15,20). The van der Waals surface area contributed by atoms with Crippen LogP contribution in [0, 0.1) is 5.82 Å². The molecule has 7 heteroatoms. The first kappa shape index (κ1) is 14.1. The normalized spacial score (nSPS) is 10.5. The Balaban J connectivity index is 2.59. The van der Waals surface area contributed by atoms with Gasteiger partial charge < -0.3 is 10.3 Å². The van der Waals surface area contributed by atoms with E-state index in [0.29, 0.717) is 11.1 Å². The molecule has 0 radical (unpaired) electrons. The molecular formula is C13H12FN3O2S. The van der Waals surface area contributed by atoms with Crippen LogP contribution in [0.5, 0.6) is 0 Å². The number of hydrogen-bond donors (Lipinski definition) is 1. The SMILES string of the molecule is Cn1ccc(=O)n(Cc2cc(F)ccc2C(N)=S)c1=O. The number of nitrogens with zero attached hydrogens (tertiary/aromatic N) is 2. The van der Waals surface area contributed by atoms with Crippen LogP contribution in [0.15, 0.2) is 40.1 Å². The molecule has 0 saturated carbocycles. The Morgan fingerprint density at radius 1 is 1.35 bits per heavy atom. The van der Waals surface area contributed by atoms with Crippen molar-refractivity contribution in [1.29, 1.82) is 0 Å². The number of aromatic nitrogens is 2. The highest BCUT2D eigenvalue weighted by Gasteiger charge is 2.10. The van der Waals surface area contributed by atoms with E-state index in [0.717, 1.165) is 4.57 Å². The minimum Gasteiger partial charge on any atom is -0.389 e. The molecule has 2 rings (SSSR count). The third kappa shape index (κ3) is 2.67. The molecule has 104 valence electrons. The summed E-state index contributed by atoms with van der Waals surface area (Å²) in [5.41, 5.74) is 5.44. The molecule has 20 heavy (non-hydrogen) atoms. The number of aryl methyl sites for hydroxylation is 1. The van der Waals surface area contributed by atoms with Gasteiger partial charge in [0.05, 0.1) is 6.54 Å². The van der Waals surface area contributed by atoms with Gasteiger partial charge in [0.15, 0.2) is 0 Å². The molecule has 0 aliphatic rings. The summed E-state index contributed by atoms with van der Waals surface area (Å²) in [6.45, 7) is -0.0865. The highest BCUT2D eigenvalue weighted by atomic mass is 32.1. The third-order valence-electron chi connectivity index (χ3n) is 2.90. The molecule has 2 N–H and O–H groups in total. The van der Waals surface area contributed by atoms with Gasteiger partial charge >= 0.3 is 5.69 Å². The van der Waals surface area contributed by atoms with E-state index in [1.165, 1.54) is 42.1 Å². The molecular weight excluding hydrogens is 281 g/mol. The van der Waals surface area contributed by atoms with Gasteiger partial charge in [0.1, 0.15) is 10.8 Å². The van der Waals surface area contributed by atoms with Crippen molar-refractivity contribution in [2.45, 2.75) is 6.54 Å². The fourth-order valence-electron chi connectivity index (χ4n) is 1.86. The van der Waals surface area contributed by atoms with Gasteiger partial charge in [-0.15, -0.1) is 0 Å². The van der Waals surface area contributed by atoms with Crippen LogP contribution in [0.2, 0.25) is 0 Å². The maximum Gasteiger partial charge on any atom is 0.331 e. The van der Waals surface area contributed by atoms with E-state index in [1.807, 2.05) is 0 Å². The van der Waals surface area contributed by atoms with Crippen molar-refractivity contribution >= 4 is 17.2 Å². The Kier molecular flexibility index (Phi) is 3.80. The van der Waals surface area contributed by atoms with E-state index in [1.54, 1.807) is 0 Å². The summed E-state index contributed by atoms with van der Waals surface area (Å²) in [6, 6.07) is 5.14. The molecule has 0 saturated heterocycles. The number of rotatable bonds is 3. The molecule has 0 bridgehead atoms. The molecule has 2 aromatic rings. The Bertz CT molecular complexity index is 795. The minimum absolute atomic E-state index is 0.0841. The van der Waals surface area contributed by atoms with E-state index in [9.17, 15) is 14.0 Å². The number of benzene rings is 1. The average Bonchev–Trinajstić information content (AvgIpc) is 2.39. The van der Waals surface area contributed by atoms with Crippen LogP contribution < -0.4 is 17.0 Å². The van der Waals surface area contributed by atoms with Crippen LogP contribution >= 0.6 is 12.2 Å². The van der Waals surface area contributed by atoms with Crippen molar-refractivity contribution in [2.75, 3.05) is 0 Å². The predicted octanol–water partition coefficient (Wildman–Crippen LogP) is 0.369. The summed E-state index contributed by atoms with van der Waals surface area (Å²) in [5, 5.41) is 0. The van der Waals surface area contributed by atoms with E-state index < -0.39 is 17.1 Å².